The van der Waals surface area contributed by atoms with Gasteiger partial charge in [0.25, 0.3) is 0 Å². The lowest BCUT2D eigenvalue weighted by Gasteiger charge is -2.10. The zero-order chi connectivity index (χ0) is 15.2. The summed E-state index contributed by atoms with van der Waals surface area (Å²) in [6, 6.07) is 9.14. The van der Waals surface area contributed by atoms with Gasteiger partial charge in [0.1, 0.15) is 5.38 Å². The number of amides is 1. The summed E-state index contributed by atoms with van der Waals surface area (Å²) in [4.78, 5) is 16.4. The van der Waals surface area contributed by atoms with Crippen molar-refractivity contribution in [3.8, 4) is 0 Å². The van der Waals surface area contributed by atoms with Crippen molar-refractivity contribution in [2.45, 2.75) is 32.1 Å². The van der Waals surface area contributed by atoms with Crippen LogP contribution in [0.25, 0.3) is 0 Å². The highest BCUT2D eigenvalue weighted by Gasteiger charge is 2.19. The van der Waals surface area contributed by atoms with E-state index in [1.54, 1.807) is 12.1 Å². The average molecular weight is 305 g/mol. The van der Waals surface area contributed by atoms with Gasteiger partial charge in [-0.05, 0) is 18.4 Å². The van der Waals surface area contributed by atoms with Crippen molar-refractivity contribution in [3.63, 3.8) is 0 Å². The van der Waals surface area contributed by atoms with Crippen molar-refractivity contribution in [3.05, 3.63) is 47.3 Å². The van der Waals surface area contributed by atoms with Crippen molar-refractivity contribution < 1.29 is 4.79 Å². The number of nitrogens with zero attached hydrogens (tertiary/aromatic N) is 3. The first-order valence-electron chi connectivity index (χ1n) is 6.88. The molecule has 2 rings (SSSR count). The van der Waals surface area contributed by atoms with E-state index < -0.39 is 5.38 Å². The molecule has 0 saturated heterocycles. The number of nitrogens with one attached hydrogen (secondary N) is 1. The monoisotopic (exact) mass is 304 g/mol. The Morgan fingerprint density at radius 3 is 2.43 bits per heavy atom. The van der Waals surface area contributed by atoms with Crippen LogP contribution in [-0.4, -0.2) is 21.1 Å². The Bertz CT molecular complexity index is 618. The molecule has 0 aliphatic carbocycles. The highest BCUT2D eigenvalue weighted by Crippen LogP contribution is 2.21. The van der Waals surface area contributed by atoms with Gasteiger partial charge >= 0.3 is 0 Å². The standard InChI is InChI=1S/C15H17ClN4O/c1-3-11-12(4-2)19-20-15(17-11)18-14(21)13(16)10-8-6-5-7-9-10/h5-9,13H,3-4H2,1-2H3,(H,17,18,20,21). The number of alkyl halides is 1. The first-order chi connectivity index (χ1) is 10.2. The van der Waals surface area contributed by atoms with E-state index in [1.165, 1.54) is 0 Å². The minimum atomic E-state index is -0.786. The summed E-state index contributed by atoms with van der Waals surface area (Å²) < 4.78 is 0. The second-order valence-corrected chi connectivity index (χ2v) is 4.93. The summed E-state index contributed by atoms with van der Waals surface area (Å²) in [6.45, 7) is 3.98. The summed E-state index contributed by atoms with van der Waals surface area (Å²) in [6.07, 6.45) is 1.50. The van der Waals surface area contributed by atoms with E-state index in [-0.39, 0.29) is 11.9 Å². The highest BCUT2D eigenvalue weighted by atomic mass is 35.5. The smallest absolute Gasteiger partial charge is 0.249 e. The second-order valence-electron chi connectivity index (χ2n) is 4.50. The van der Waals surface area contributed by atoms with Crippen molar-refractivity contribution in [2.24, 2.45) is 0 Å². The van der Waals surface area contributed by atoms with Gasteiger partial charge in [0.15, 0.2) is 0 Å². The first-order valence-corrected chi connectivity index (χ1v) is 7.31. The normalized spacial score (nSPS) is 12.0. The molecule has 5 nitrogen and oxygen atoms in total. The molecular formula is C15H17ClN4O. The van der Waals surface area contributed by atoms with E-state index in [4.69, 9.17) is 11.6 Å². The number of anilines is 1. The summed E-state index contributed by atoms with van der Waals surface area (Å²) in [5.74, 6) is -0.174. The number of carbonyl (C=O) groups excluding carboxylic acids is 1. The second kappa shape index (κ2) is 7.13. The Balaban J connectivity index is 2.12. The Morgan fingerprint density at radius 2 is 1.81 bits per heavy atom. The Kier molecular flexibility index (Phi) is 5.22. The van der Waals surface area contributed by atoms with Gasteiger partial charge in [-0.25, -0.2) is 4.98 Å². The molecule has 110 valence electrons. The number of aryl methyl sites for hydroxylation is 2. The Labute approximate surface area is 128 Å². The average Bonchev–Trinajstić information content (AvgIpc) is 2.54. The molecule has 6 heteroatoms. The maximum Gasteiger partial charge on any atom is 0.249 e. The van der Waals surface area contributed by atoms with Gasteiger partial charge in [0.05, 0.1) is 11.4 Å². The minimum Gasteiger partial charge on any atom is -0.292 e. The van der Waals surface area contributed by atoms with Crippen LogP contribution in [0.1, 0.15) is 36.2 Å². The number of benzene rings is 1. The van der Waals surface area contributed by atoms with Crippen LogP contribution < -0.4 is 5.32 Å². The lowest BCUT2D eigenvalue weighted by atomic mass is 10.1. The number of carbonyl (C=O) groups is 1. The molecule has 1 heterocycles. The number of hydrogen-bond donors (Lipinski definition) is 1. The molecule has 0 aliphatic heterocycles. The number of hydrogen-bond acceptors (Lipinski definition) is 4. The van der Waals surface area contributed by atoms with Gasteiger partial charge in [0, 0.05) is 0 Å². The predicted molar refractivity (Wildman–Crippen MR) is 82.2 cm³/mol. The van der Waals surface area contributed by atoms with Gasteiger partial charge < -0.3 is 0 Å². The van der Waals surface area contributed by atoms with Gasteiger partial charge in [-0.15, -0.1) is 21.8 Å². The van der Waals surface area contributed by atoms with Crippen LogP contribution in [0.4, 0.5) is 5.95 Å². The summed E-state index contributed by atoms with van der Waals surface area (Å²) >= 11 is 6.15. The zero-order valence-corrected chi connectivity index (χ0v) is 12.8. The molecule has 1 aromatic heterocycles. The summed E-state index contributed by atoms with van der Waals surface area (Å²) in [7, 11) is 0. The third-order valence-corrected chi connectivity index (χ3v) is 3.52. The molecule has 0 aliphatic rings. The lowest BCUT2D eigenvalue weighted by Crippen LogP contribution is -2.20. The molecule has 21 heavy (non-hydrogen) atoms. The molecule has 1 atom stereocenters. The molecule has 2 aromatic rings. The van der Waals surface area contributed by atoms with Gasteiger partial charge in [-0.2, -0.15) is 0 Å². The van der Waals surface area contributed by atoms with Crippen LogP contribution in [0.3, 0.4) is 0 Å². The maximum atomic E-state index is 12.1. The highest BCUT2D eigenvalue weighted by molar-refractivity contribution is 6.32. The quantitative estimate of drug-likeness (QED) is 0.862. The molecule has 0 saturated carbocycles. The molecule has 0 bridgehead atoms. The van der Waals surface area contributed by atoms with Crippen LogP contribution in [-0.2, 0) is 17.6 Å². The number of aromatic nitrogens is 3. The van der Waals surface area contributed by atoms with Crippen LogP contribution in [0.15, 0.2) is 30.3 Å². The van der Waals surface area contributed by atoms with E-state index in [1.807, 2.05) is 32.0 Å². The van der Waals surface area contributed by atoms with E-state index >= 15 is 0 Å². The van der Waals surface area contributed by atoms with Gasteiger partial charge in [-0.1, -0.05) is 44.2 Å². The van der Waals surface area contributed by atoms with E-state index in [9.17, 15) is 4.79 Å². The predicted octanol–water partition coefficient (Wildman–Crippen LogP) is 2.92. The third kappa shape index (κ3) is 3.76. The fourth-order valence-corrected chi connectivity index (χ4v) is 2.14. The largest absolute Gasteiger partial charge is 0.292 e. The van der Waals surface area contributed by atoms with Crippen LogP contribution in [0.2, 0.25) is 0 Å². The molecule has 1 N–H and O–H groups in total. The Hall–Kier alpha value is -2.01. The van der Waals surface area contributed by atoms with E-state index in [0.717, 1.165) is 29.8 Å². The topological polar surface area (TPSA) is 67.8 Å². The van der Waals surface area contributed by atoms with Crippen LogP contribution in [0, 0.1) is 0 Å². The van der Waals surface area contributed by atoms with Crippen molar-refractivity contribution in [1.82, 2.24) is 15.2 Å². The minimum absolute atomic E-state index is 0.190. The molecule has 0 radical (unpaired) electrons. The maximum absolute atomic E-state index is 12.1. The number of rotatable bonds is 5. The van der Waals surface area contributed by atoms with Crippen LogP contribution >= 0.6 is 11.6 Å². The fourth-order valence-electron chi connectivity index (χ4n) is 1.94. The molecule has 1 amide bonds. The lowest BCUT2D eigenvalue weighted by molar-refractivity contribution is -0.116. The number of halogens is 1. The third-order valence-electron chi connectivity index (χ3n) is 3.07. The SMILES string of the molecule is CCc1nnc(NC(=O)C(Cl)c2ccccc2)nc1CC. The van der Waals surface area contributed by atoms with E-state index in [0.29, 0.717) is 0 Å². The first kappa shape index (κ1) is 15.4. The molecule has 1 unspecified atom stereocenters. The van der Waals surface area contributed by atoms with Crippen molar-refractivity contribution in [2.75, 3.05) is 5.32 Å². The Morgan fingerprint density at radius 1 is 1.14 bits per heavy atom. The summed E-state index contributed by atoms with van der Waals surface area (Å²) in [5, 5.41) is 9.83. The van der Waals surface area contributed by atoms with Gasteiger partial charge in [-0.3, -0.25) is 10.1 Å². The van der Waals surface area contributed by atoms with Gasteiger partial charge in [0.2, 0.25) is 11.9 Å². The molecule has 0 fully saturated rings. The molecular weight excluding hydrogens is 288 g/mol. The van der Waals surface area contributed by atoms with Crippen molar-refractivity contribution in [1.29, 1.82) is 0 Å². The van der Waals surface area contributed by atoms with Crippen molar-refractivity contribution >= 4 is 23.5 Å². The van der Waals surface area contributed by atoms with Crippen LogP contribution in [0.5, 0.6) is 0 Å². The summed E-state index contributed by atoms with van der Waals surface area (Å²) in [5.41, 5.74) is 2.42. The zero-order valence-electron chi connectivity index (χ0n) is 12.0. The molecule has 1 aromatic carbocycles. The molecule has 0 spiro atoms. The van der Waals surface area contributed by atoms with E-state index in [2.05, 4.69) is 20.5 Å². The fraction of sp³-hybridized carbons (Fsp3) is 0.333.